The SMILES string of the molecule is CCCCNC(=O)Nc1ccc(N(CC)S(=O)(=O)c2ccccc2N=Nc2c(N)ccc3cc(S(=O)(=O)O)cc(O)c23)c(O)c1. The minimum Gasteiger partial charge on any atom is -0.507 e. The minimum atomic E-state index is -4.62. The lowest BCUT2D eigenvalue weighted by atomic mass is 10.1. The first-order valence-corrected chi connectivity index (χ1v) is 16.6. The van der Waals surface area contributed by atoms with Gasteiger partial charge in [0, 0.05) is 30.9 Å². The molecule has 0 aliphatic rings. The van der Waals surface area contributed by atoms with Crippen LogP contribution in [0.15, 0.2) is 86.7 Å². The summed E-state index contributed by atoms with van der Waals surface area (Å²) < 4.78 is 61.4. The van der Waals surface area contributed by atoms with Crippen molar-refractivity contribution in [3.63, 3.8) is 0 Å². The molecular formula is C29H32N6O8S2. The number of fused-ring (bicyclic) bond motifs is 1. The zero-order valence-electron chi connectivity index (χ0n) is 24.3. The fourth-order valence-electron chi connectivity index (χ4n) is 4.49. The summed E-state index contributed by atoms with van der Waals surface area (Å²) in [4.78, 5) is 11.3. The summed E-state index contributed by atoms with van der Waals surface area (Å²) in [6.45, 7) is 3.97. The summed E-state index contributed by atoms with van der Waals surface area (Å²) in [6.07, 6.45) is 1.71. The van der Waals surface area contributed by atoms with Gasteiger partial charge >= 0.3 is 6.03 Å². The number of nitrogens with two attached hydrogens (primary N) is 1. The van der Waals surface area contributed by atoms with Gasteiger partial charge in [-0.1, -0.05) is 31.5 Å². The Balaban J connectivity index is 1.70. The first-order chi connectivity index (χ1) is 21.3. The van der Waals surface area contributed by atoms with Crippen LogP contribution in [0.4, 0.5) is 33.2 Å². The van der Waals surface area contributed by atoms with Gasteiger partial charge in [-0.05, 0) is 55.1 Å². The molecule has 0 fully saturated rings. The number of phenols is 2. The number of sulfonamides is 1. The summed E-state index contributed by atoms with van der Waals surface area (Å²) >= 11 is 0. The van der Waals surface area contributed by atoms with E-state index < -0.39 is 42.6 Å². The molecule has 2 amide bonds. The molecule has 0 saturated heterocycles. The Kier molecular flexibility index (Phi) is 9.80. The second kappa shape index (κ2) is 13.4. The number of carbonyl (C=O) groups excluding carboxylic acids is 1. The monoisotopic (exact) mass is 656 g/mol. The highest BCUT2D eigenvalue weighted by Crippen LogP contribution is 2.41. The van der Waals surface area contributed by atoms with Gasteiger partial charge in [0.05, 0.1) is 21.7 Å². The third-order valence-corrected chi connectivity index (χ3v) is 9.44. The molecule has 0 heterocycles. The molecule has 0 aliphatic heterocycles. The number of hydrogen-bond acceptors (Lipinski definition) is 10. The van der Waals surface area contributed by atoms with E-state index >= 15 is 0 Å². The average Bonchev–Trinajstić information content (AvgIpc) is 2.98. The van der Waals surface area contributed by atoms with Crippen LogP contribution in [-0.2, 0) is 20.1 Å². The first-order valence-electron chi connectivity index (χ1n) is 13.7. The average molecular weight is 657 g/mol. The summed E-state index contributed by atoms with van der Waals surface area (Å²) in [7, 11) is -8.97. The Labute approximate surface area is 260 Å². The number of azo groups is 1. The largest absolute Gasteiger partial charge is 0.507 e. The normalized spacial score (nSPS) is 12.0. The number of anilines is 3. The standard InChI is InChI=1S/C29H32N6O8S2/c1-3-5-14-31-29(38)32-19-11-13-23(24(36)16-19)35(4-2)44(39,40)26-9-7-6-8-22(26)33-34-28-21(30)12-10-18-15-20(45(41,42)43)17-25(37)27(18)28/h6-13,15-17,36-37H,3-5,14,30H2,1-2H3,(H2,31,32,38)(H,41,42,43). The van der Waals surface area contributed by atoms with Crippen molar-refractivity contribution >= 4 is 65.4 Å². The maximum Gasteiger partial charge on any atom is 0.319 e. The molecule has 0 bridgehead atoms. The van der Waals surface area contributed by atoms with Gasteiger partial charge in [-0.3, -0.25) is 8.86 Å². The Bertz CT molecular complexity index is 2000. The van der Waals surface area contributed by atoms with Crippen molar-refractivity contribution in [3.8, 4) is 11.5 Å². The molecule has 4 aromatic rings. The fourth-order valence-corrected chi connectivity index (χ4v) is 6.64. The number of benzene rings is 4. The van der Waals surface area contributed by atoms with Crippen molar-refractivity contribution in [2.24, 2.45) is 10.2 Å². The molecule has 4 aromatic carbocycles. The van der Waals surface area contributed by atoms with Crippen LogP contribution in [0.3, 0.4) is 0 Å². The van der Waals surface area contributed by atoms with E-state index in [1.807, 2.05) is 6.92 Å². The molecule has 0 aromatic heterocycles. The van der Waals surface area contributed by atoms with Crippen molar-refractivity contribution < 1.29 is 36.4 Å². The molecule has 4 rings (SSSR count). The molecule has 0 unspecified atom stereocenters. The Morgan fingerprint density at radius 3 is 2.33 bits per heavy atom. The molecule has 16 heteroatoms. The minimum absolute atomic E-state index is 0.0272. The third kappa shape index (κ3) is 7.25. The maximum absolute atomic E-state index is 13.9. The Hall–Kier alpha value is -4.93. The second-order valence-corrected chi connectivity index (χ2v) is 13.0. The van der Waals surface area contributed by atoms with E-state index in [1.54, 1.807) is 6.92 Å². The second-order valence-electron chi connectivity index (χ2n) is 9.79. The summed E-state index contributed by atoms with van der Waals surface area (Å²) in [5.41, 5.74) is 6.19. The lowest BCUT2D eigenvalue weighted by Crippen LogP contribution is -2.31. The highest BCUT2D eigenvalue weighted by Gasteiger charge is 2.28. The van der Waals surface area contributed by atoms with Gasteiger partial charge in [-0.2, -0.15) is 8.42 Å². The van der Waals surface area contributed by atoms with Crippen molar-refractivity contribution in [1.82, 2.24) is 5.32 Å². The number of urea groups is 1. The Morgan fingerprint density at radius 2 is 1.67 bits per heavy atom. The molecule has 0 radical (unpaired) electrons. The summed E-state index contributed by atoms with van der Waals surface area (Å²) in [5, 5.41) is 35.1. The van der Waals surface area contributed by atoms with E-state index in [2.05, 4.69) is 20.9 Å². The van der Waals surface area contributed by atoms with E-state index in [0.29, 0.717) is 6.54 Å². The first kappa shape index (κ1) is 33.0. The third-order valence-electron chi connectivity index (χ3n) is 6.67. The molecule has 0 aliphatic carbocycles. The molecule has 45 heavy (non-hydrogen) atoms. The number of nitrogen functional groups attached to an aromatic ring is 1. The van der Waals surface area contributed by atoms with Crippen molar-refractivity contribution in [1.29, 1.82) is 0 Å². The van der Waals surface area contributed by atoms with Crippen molar-refractivity contribution in [2.75, 3.05) is 28.4 Å². The van der Waals surface area contributed by atoms with Gasteiger partial charge in [0.15, 0.2) is 0 Å². The van der Waals surface area contributed by atoms with Crippen LogP contribution in [0.25, 0.3) is 10.8 Å². The molecule has 0 atom stereocenters. The van der Waals surface area contributed by atoms with Gasteiger partial charge in [0.1, 0.15) is 27.8 Å². The quantitative estimate of drug-likeness (QED) is 0.0508. The van der Waals surface area contributed by atoms with Gasteiger partial charge in [0.25, 0.3) is 20.1 Å². The predicted octanol–water partition coefficient (Wildman–Crippen LogP) is 5.63. The number of aromatic hydroxyl groups is 2. The van der Waals surface area contributed by atoms with Crippen LogP contribution < -0.4 is 20.7 Å². The van der Waals surface area contributed by atoms with Crippen LogP contribution in [0, 0.1) is 0 Å². The van der Waals surface area contributed by atoms with Crippen LogP contribution in [-0.4, -0.2) is 50.7 Å². The van der Waals surface area contributed by atoms with Crippen LogP contribution in [0.5, 0.6) is 11.5 Å². The summed E-state index contributed by atoms with van der Waals surface area (Å²) in [6, 6.07) is 14.1. The maximum atomic E-state index is 13.9. The number of amides is 2. The molecule has 0 spiro atoms. The van der Waals surface area contributed by atoms with E-state index in [4.69, 9.17) is 5.73 Å². The van der Waals surface area contributed by atoms with E-state index in [-0.39, 0.29) is 50.6 Å². The van der Waals surface area contributed by atoms with Crippen LogP contribution in [0.2, 0.25) is 0 Å². The number of hydrogen-bond donors (Lipinski definition) is 6. The molecule has 14 nitrogen and oxygen atoms in total. The lowest BCUT2D eigenvalue weighted by Gasteiger charge is -2.24. The van der Waals surface area contributed by atoms with Crippen molar-refractivity contribution in [3.05, 3.63) is 66.7 Å². The molecule has 238 valence electrons. The number of nitrogens with one attached hydrogen (secondary N) is 2. The summed E-state index contributed by atoms with van der Waals surface area (Å²) in [5.74, 6) is -0.944. The van der Waals surface area contributed by atoms with Crippen molar-refractivity contribution in [2.45, 2.75) is 36.5 Å². The van der Waals surface area contributed by atoms with Gasteiger partial charge in [-0.15, -0.1) is 10.2 Å². The molecule has 7 N–H and O–H groups in total. The number of carbonyl (C=O) groups is 1. The Morgan fingerprint density at radius 1 is 0.933 bits per heavy atom. The lowest BCUT2D eigenvalue weighted by molar-refractivity contribution is 0.252. The van der Waals surface area contributed by atoms with E-state index in [1.165, 1.54) is 54.6 Å². The molecule has 0 saturated carbocycles. The van der Waals surface area contributed by atoms with E-state index in [9.17, 15) is 36.4 Å². The fraction of sp³-hybridized carbons (Fsp3) is 0.207. The van der Waals surface area contributed by atoms with Crippen LogP contribution >= 0.6 is 0 Å². The van der Waals surface area contributed by atoms with Crippen LogP contribution in [0.1, 0.15) is 26.7 Å². The highest BCUT2D eigenvalue weighted by atomic mass is 32.2. The zero-order valence-corrected chi connectivity index (χ0v) is 25.9. The number of rotatable bonds is 11. The smallest absolute Gasteiger partial charge is 0.319 e. The highest BCUT2D eigenvalue weighted by molar-refractivity contribution is 7.93. The number of unbranched alkanes of at least 4 members (excludes halogenated alkanes) is 1. The van der Waals surface area contributed by atoms with E-state index in [0.717, 1.165) is 29.3 Å². The number of nitrogens with zero attached hydrogens (tertiary/aromatic N) is 3. The molecular weight excluding hydrogens is 624 g/mol. The van der Waals surface area contributed by atoms with Gasteiger partial charge in [-0.25, -0.2) is 13.2 Å². The number of phenolic OH excluding ortho intramolecular Hbond substituents is 2. The van der Waals surface area contributed by atoms with Gasteiger partial charge in [0.2, 0.25) is 0 Å². The van der Waals surface area contributed by atoms with Gasteiger partial charge < -0.3 is 26.6 Å². The zero-order chi connectivity index (χ0) is 32.9. The predicted molar refractivity (Wildman–Crippen MR) is 171 cm³/mol. The topological polar surface area (TPSA) is 224 Å².